The van der Waals surface area contributed by atoms with Gasteiger partial charge in [-0.1, -0.05) is 0 Å². The molecule has 0 bridgehead atoms. The summed E-state index contributed by atoms with van der Waals surface area (Å²) in [5.41, 5.74) is -1.000. The zero-order valence-corrected chi connectivity index (χ0v) is 12.8. The Hall–Kier alpha value is -1.58. The maximum absolute atomic E-state index is 12.1. The van der Waals surface area contributed by atoms with Crippen LogP contribution in [-0.4, -0.2) is 66.3 Å². The molecule has 1 unspecified atom stereocenters. The molecule has 0 spiro atoms. The lowest BCUT2D eigenvalue weighted by atomic mass is 10.1. The molecule has 130 valence electrons. The van der Waals surface area contributed by atoms with E-state index in [1.807, 2.05) is 0 Å². The summed E-state index contributed by atoms with van der Waals surface area (Å²) in [6, 6.07) is 2.53. The first-order valence-electron chi connectivity index (χ1n) is 7.22. The molecule has 0 radical (unpaired) electrons. The third-order valence-corrected chi connectivity index (χ3v) is 3.29. The van der Waals surface area contributed by atoms with Crippen LogP contribution in [0, 0.1) is 0 Å². The van der Waals surface area contributed by atoms with E-state index in [4.69, 9.17) is 4.74 Å². The number of anilines is 1. The molecule has 1 aromatic rings. The quantitative estimate of drug-likeness (QED) is 0.821. The van der Waals surface area contributed by atoms with E-state index in [9.17, 15) is 18.3 Å². The Morgan fingerprint density at radius 3 is 2.61 bits per heavy atom. The van der Waals surface area contributed by atoms with Crippen molar-refractivity contribution < 1.29 is 27.8 Å². The van der Waals surface area contributed by atoms with Crippen LogP contribution in [0.2, 0.25) is 0 Å². The minimum absolute atomic E-state index is 0.219. The number of β-amino-alcohol motifs (C(OH)–C–C–N with tert-alkyl or cyclic N) is 1. The van der Waals surface area contributed by atoms with Gasteiger partial charge in [-0.25, -0.2) is 4.98 Å². The molecule has 23 heavy (non-hydrogen) atoms. The van der Waals surface area contributed by atoms with Gasteiger partial charge in [0, 0.05) is 26.2 Å². The van der Waals surface area contributed by atoms with Gasteiger partial charge >= 0.3 is 6.36 Å². The Morgan fingerprint density at radius 2 is 2.04 bits per heavy atom. The third kappa shape index (κ3) is 6.59. The summed E-state index contributed by atoms with van der Waals surface area (Å²) in [4.78, 5) is 5.93. The minimum Gasteiger partial charge on any atom is -0.404 e. The van der Waals surface area contributed by atoms with Gasteiger partial charge in [-0.15, -0.1) is 13.2 Å². The van der Waals surface area contributed by atoms with E-state index >= 15 is 0 Å². The fourth-order valence-corrected chi connectivity index (χ4v) is 2.26. The summed E-state index contributed by atoms with van der Waals surface area (Å²) < 4.78 is 45.2. The summed E-state index contributed by atoms with van der Waals surface area (Å²) in [6.07, 6.45) is -3.76. The lowest BCUT2D eigenvalue weighted by Crippen LogP contribution is -2.49. The molecular formula is C14H20F3N3O3. The van der Waals surface area contributed by atoms with E-state index in [2.05, 4.69) is 19.9 Å². The van der Waals surface area contributed by atoms with Crippen LogP contribution in [0.25, 0.3) is 0 Å². The zero-order chi connectivity index (χ0) is 16.9. The molecule has 0 amide bonds. The van der Waals surface area contributed by atoms with Gasteiger partial charge in [0.25, 0.3) is 0 Å². The highest BCUT2D eigenvalue weighted by Gasteiger charge is 2.31. The molecule has 2 rings (SSSR count). The van der Waals surface area contributed by atoms with E-state index in [1.165, 1.54) is 12.1 Å². The van der Waals surface area contributed by atoms with Crippen molar-refractivity contribution in [1.82, 2.24) is 9.88 Å². The van der Waals surface area contributed by atoms with Crippen LogP contribution in [0.1, 0.15) is 6.92 Å². The summed E-state index contributed by atoms with van der Waals surface area (Å²) in [7, 11) is 0. The number of alkyl halides is 3. The number of nitrogens with zero attached hydrogens (tertiary/aromatic N) is 2. The van der Waals surface area contributed by atoms with Crippen molar-refractivity contribution in [3.63, 3.8) is 0 Å². The number of nitrogens with one attached hydrogen (secondary N) is 1. The van der Waals surface area contributed by atoms with Crippen molar-refractivity contribution in [2.45, 2.75) is 18.9 Å². The average Bonchev–Trinajstić information content (AvgIpc) is 2.46. The smallest absolute Gasteiger partial charge is 0.404 e. The molecular weight excluding hydrogens is 315 g/mol. The molecule has 1 fully saturated rings. The van der Waals surface area contributed by atoms with Crippen molar-refractivity contribution in [2.24, 2.45) is 0 Å². The number of ether oxygens (including phenoxy) is 2. The molecule has 1 saturated heterocycles. The summed E-state index contributed by atoms with van der Waals surface area (Å²) >= 11 is 0. The summed E-state index contributed by atoms with van der Waals surface area (Å²) in [5.74, 6) is -0.0232. The van der Waals surface area contributed by atoms with Crippen molar-refractivity contribution in [3.8, 4) is 5.75 Å². The zero-order valence-electron chi connectivity index (χ0n) is 12.8. The largest absolute Gasteiger partial charge is 0.573 e. The van der Waals surface area contributed by atoms with Crippen LogP contribution in [0.3, 0.4) is 0 Å². The Labute approximate surface area is 132 Å². The number of hydrogen-bond acceptors (Lipinski definition) is 6. The van der Waals surface area contributed by atoms with Gasteiger partial charge in [-0.3, -0.25) is 4.90 Å². The minimum atomic E-state index is -4.74. The standard InChI is InChI=1S/C14H20F3N3O3/c1-13(21,10-20-4-6-22-7-5-20)9-19-12-3-2-11(8-18-12)23-14(15,16)17/h2-3,8,21H,4-7,9-10H2,1H3,(H,18,19). The van der Waals surface area contributed by atoms with Gasteiger partial charge in [0.1, 0.15) is 11.6 Å². The number of hydrogen-bond donors (Lipinski definition) is 2. The molecule has 6 nitrogen and oxygen atoms in total. The molecule has 2 heterocycles. The van der Waals surface area contributed by atoms with Crippen molar-refractivity contribution in [2.75, 3.05) is 44.7 Å². The van der Waals surface area contributed by atoms with Crippen LogP contribution >= 0.6 is 0 Å². The number of aliphatic hydroxyl groups is 1. The Bertz CT molecular complexity index is 488. The van der Waals surface area contributed by atoms with Gasteiger partial charge in [0.15, 0.2) is 0 Å². The van der Waals surface area contributed by atoms with Crippen LogP contribution < -0.4 is 10.1 Å². The Balaban J connectivity index is 1.82. The Kier molecular flexibility index (Phi) is 5.66. The lowest BCUT2D eigenvalue weighted by molar-refractivity contribution is -0.274. The number of aromatic nitrogens is 1. The van der Waals surface area contributed by atoms with E-state index in [1.54, 1.807) is 6.92 Å². The molecule has 0 aromatic carbocycles. The number of pyridine rings is 1. The maximum atomic E-state index is 12.1. The number of rotatable bonds is 6. The van der Waals surface area contributed by atoms with Crippen molar-refractivity contribution in [3.05, 3.63) is 18.3 Å². The fraction of sp³-hybridized carbons (Fsp3) is 0.643. The van der Waals surface area contributed by atoms with E-state index in [0.29, 0.717) is 25.6 Å². The van der Waals surface area contributed by atoms with Crippen LogP contribution in [0.15, 0.2) is 18.3 Å². The van der Waals surface area contributed by atoms with Gasteiger partial charge in [-0.05, 0) is 19.1 Å². The second-order valence-electron chi connectivity index (χ2n) is 5.67. The molecule has 0 aliphatic carbocycles. The van der Waals surface area contributed by atoms with E-state index in [0.717, 1.165) is 19.3 Å². The molecule has 2 N–H and O–H groups in total. The molecule has 1 atom stereocenters. The first-order valence-corrected chi connectivity index (χ1v) is 7.22. The number of morpholine rings is 1. The van der Waals surface area contributed by atoms with Crippen molar-refractivity contribution >= 4 is 5.82 Å². The SMILES string of the molecule is CC(O)(CNc1ccc(OC(F)(F)F)cn1)CN1CCOCC1. The van der Waals surface area contributed by atoms with Gasteiger partial charge < -0.3 is 19.9 Å². The normalized spacial score (nSPS) is 19.2. The highest BCUT2D eigenvalue weighted by molar-refractivity contribution is 5.37. The van der Waals surface area contributed by atoms with Gasteiger partial charge in [0.05, 0.1) is 25.0 Å². The molecule has 1 aliphatic heterocycles. The lowest BCUT2D eigenvalue weighted by Gasteiger charge is -2.34. The third-order valence-electron chi connectivity index (χ3n) is 3.29. The highest BCUT2D eigenvalue weighted by atomic mass is 19.4. The van der Waals surface area contributed by atoms with Crippen molar-refractivity contribution in [1.29, 1.82) is 0 Å². The molecule has 1 aromatic heterocycles. The van der Waals surface area contributed by atoms with Gasteiger partial charge in [0.2, 0.25) is 0 Å². The summed E-state index contributed by atoms with van der Waals surface area (Å²) in [5, 5.41) is 13.3. The fourth-order valence-electron chi connectivity index (χ4n) is 2.26. The van der Waals surface area contributed by atoms with Crippen LogP contribution in [-0.2, 0) is 4.74 Å². The first-order chi connectivity index (χ1) is 10.7. The summed E-state index contributed by atoms with van der Waals surface area (Å²) in [6.45, 7) is 5.19. The Morgan fingerprint density at radius 1 is 1.35 bits per heavy atom. The topological polar surface area (TPSA) is 66.8 Å². The predicted molar refractivity (Wildman–Crippen MR) is 77.3 cm³/mol. The second kappa shape index (κ2) is 7.33. The maximum Gasteiger partial charge on any atom is 0.573 e. The van der Waals surface area contributed by atoms with Crippen LogP contribution in [0.5, 0.6) is 5.75 Å². The van der Waals surface area contributed by atoms with E-state index in [-0.39, 0.29) is 12.3 Å². The highest BCUT2D eigenvalue weighted by Crippen LogP contribution is 2.22. The number of halogens is 3. The monoisotopic (exact) mass is 335 g/mol. The first kappa shape index (κ1) is 17.8. The molecule has 1 aliphatic rings. The van der Waals surface area contributed by atoms with Gasteiger partial charge in [-0.2, -0.15) is 0 Å². The molecule has 0 saturated carbocycles. The van der Waals surface area contributed by atoms with Crippen LogP contribution in [0.4, 0.5) is 19.0 Å². The predicted octanol–water partition coefficient (Wildman–Crippen LogP) is 1.48. The van der Waals surface area contributed by atoms with E-state index < -0.39 is 12.0 Å². The average molecular weight is 335 g/mol. The molecule has 9 heteroatoms. The second-order valence-corrected chi connectivity index (χ2v) is 5.67.